The van der Waals surface area contributed by atoms with Crippen LogP contribution in [0.4, 0.5) is 0 Å². The molecule has 78 valence electrons. The molecule has 0 aromatic rings. The van der Waals surface area contributed by atoms with Crippen molar-refractivity contribution in [2.45, 2.75) is 6.42 Å². The Balaban J connectivity index is 2.51. The van der Waals surface area contributed by atoms with E-state index in [2.05, 4.69) is 0 Å². The zero-order valence-electron chi connectivity index (χ0n) is 8.12. The lowest BCUT2D eigenvalue weighted by atomic mass is 10.1. The van der Waals surface area contributed by atoms with E-state index in [0.717, 1.165) is 6.42 Å². The van der Waals surface area contributed by atoms with E-state index in [1.54, 1.807) is 7.11 Å². The van der Waals surface area contributed by atoms with Crippen LogP contribution in [0.3, 0.4) is 0 Å². The van der Waals surface area contributed by atoms with Crippen molar-refractivity contribution in [3.05, 3.63) is 0 Å². The normalized spacial score (nSPS) is 33.3. The Morgan fingerprint density at radius 2 is 2.23 bits per heavy atom. The molecule has 0 bridgehead atoms. The molecule has 1 aliphatic carbocycles. The van der Waals surface area contributed by atoms with Crippen molar-refractivity contribution in [1.82, 2.24) is 0 Å². The zero-order chi connectivity index (χ0) is 10.1. The molecule has 0 saturated heterocycles. The van der Waals surface area contributed by atoms with Gasteiger partial charge in [0.25, 0.3) is 0 Å². The standard InChI is InChI=1S/C8H17NO3S/c1-12-6-8(5-9)3-7(8)4-13(2,10)11/h7H,3-6,9H2,1-2H3. The number of hydrogen-bond acceptors (Lipinski definition) is 4. The number of nitrogens with two attached hydrogens (primary N) is 1. The number of rotatable bonds is 5. The van der Waals surface area contributed by atoms with Crippen molar-refractivity contribution < 1.29 is 13.2 Å². The van der Waals surface area contributed by atoms with Gasteiger partial charge in [0.2, 0.25) is 0 Å². The van der Waals surface area contributed by atoms with E-state index in [-0.39, 0.29) is 17.1 Å². The molecule has 2 unspecified atom stereocenters. The second-order valence-corrected chi connectivity index (χ2v) is 6.18. The average Bonchev–Trinajstić information content (AvgIpc) is 2.61. The minimum atomic E-state index is -2.87. The Hall–Kier alpha value is -0.130. The summed E-state index contributed by atoms with van der Waals surface area (Å²) in [5, 5.41) is 0. The van der Waals surface area contributed by atoms with Crippen LogP contribution in [0.1, 0.15) is 6.42 Å². The van der Waals surface area contributed by atoms with E-state index >= 15 is 0 Å². The molecule has 1 saturated carbocycles. The predicted molar refractivity (Wildman–Crippen MR) is 51.2 cm³/mol. The largest absolute Gasteiger partial charge is 0.384 e. The lowest BCUT2D eigenvalue weighted by Gasteiger charge is -2.12. The fraction of sp³-hybridized carbons (Fsp3) is 1.00. The second kappa shape index (κ2) is 3.55. The summed E-state index contributed by atoms with van der Waals surface area (Å²) in [5.74, 6) is 0.445. The van der Waals surface area contributed by atoms with Crippen LogP contribution in [-0.4, -0.2) is 40.7 Å². The first-order valence-corrected chi connectivity index (χ1v) is 6.36. The summed E-state index contributed by atoms with van der Waals surface area (Å²) in [6, 6.07) is 0. The lowest BCUT2D eigenvalue weighted by Crippen LogP contribution is -2.25. The smallest absolute Gasteiger partial charge is 0.147 e. The van der Waals surface area contributed by atoms with Crippen LogP contribution in [0.25, 0.3) is 0 Å². The third-order valence-corrected chi connectivity index (χ3v) is 3.71. The van der Waals surface area contributed by atoms with Gasteiger partial charge in [-0.3, -0.25) is 0 Å². The quantitative estimate of drug-likeness (QED) is 0.668. The summed E-state index contributed by atoms with van der Waals surface area (Å²) in [6.07, 6.45) is 2.14. The van der Waals surface area contributed by atoms with Gasteiger partial charge in [-0.1, -0.05) is 0 Å². The van der Waals surface area contributed by atoms with Gasteiger partial charge in [0.1, 0.15) is 9.84 Å². The summed E-state index contributed by atoms with van der Waals surface area (Å²) in [7, 11) is -1.25. The summed E-state index contributed by atoms with van der Waals surface area (Å²) in [5.41, 5.74) is 5.53. The van der Waals surface area contributed by atoms with Gasteiger partial charge in [0.05, 0.1) is 12.4 Å². The molecule has 0 aromatic carbocycles. The topological polar surface area (TPSA) is 69.4 Å². The highest BCUT2D eigenvalue weighted by molar-refractivity contribution is 7.90. The van der Waals surface area contributed by atoms with E-state index in [1.165, 1.54) is 6.26 Å². The molecule has 0 radical (unpaired) electrons. The number of hydrogen-bond donors (Lipinski definition) is 1. The molecule has 0 aliphatic heterocycles. The van der Waals surface area contributed by atoms with Gasteiger partial charge in [0, 0.05) is 25.3 Å². The number of sulfone groups is 1. The summed E-state index contributed by atoms with van der Waals surface area (Å²) < 4.78 is 27.0. The van der Waals surface area contributed by atoms with Crippen molar-refractivity contribution in [3.63, 3.8) is 0 Å². The van der Waals surface area contributed by atoms with Crippen LogP contribution >= 0.6 is 0 Å². The molecule has 0 aromatic heterocycles. The summed E-state index contributed by atoms with van der Waals surface area (Å²) in [6.45, 7) is 1.09. The van der Waals surface area contributed by atoms with Gasteiger partial charge >= 0.3 is 0 Å². The molecule has 1 rings (SSSR count). The van der Waals surface area contributed by atoms with Crippen LogP contribution in [0, 0.1) is 11.3 Å². The van der Waals surface area contributed by atoms with Gasteiger partial charge in [-0.2, -0.15) is 0 Å². The Morgan fingerprint density at radius 1 is 1.62 bits per heavy atom. The first kappa shape index (κ1) is 10.9. The Labute approximate surface area is 79.4 Å². The van der Waals surface area contributed by atoms with Crippen molar-refractivity contribution in [3.8, 4) is 0 Å². The number of methoxy groups -OCH3 is 1. The summed E-state index contributed by atoms with van der Waals surface area (Å²) in [4.78, 5) is 0. The third kappa shape index (κ3) is 2.65. The highest BCUT2D eigenvalue weighted by Crippen LogP contribution is 2.52. The lowest BCUT2D eigenvalue weighted by molar-refractivity contribution is 0.138. The Bertz CT molecular complexity index is 275. The molecule has 0 spiro atoms. The van der Waals surface area contributed by atoms with Gasteiger partial charge in [-0.15, -0.1) is 0 Å². The monoisotopic (exact) mass is 207 g/mol. The van der Waals surface area contributed by atoms with Gasteiger partial charge < -0.3 is 10.5 Å². The molecule has 1 aliphatic rings. The maximum Gasteiger partial charge on any atom is 0.147 e. The molecule has 2 N–H and O–H groups in total. The SMILES string of the molecule is COCC1(CN)CC1CS(C)(=O)=O. The summed E-state index contributed by atoms with van der Waals surface area (Å²) >= 11 is 0. The van der Waals surface area contributed by atoms with Crippen LogP contribution in [0.15, 0.2) is 0 Å². The van der Waals surface area contributed by atoms with Crippen LogP contribution in [0.2, 0.25) is 0 Å². The second-order valence-electron chi connectivity index (χ2n) is 3.99. The molecule has 13 heavy (non-hydrogen) atoms. The van der Waals surface area contributed by atoms with Crippen LogP contribution < -0.4 is 5.73 Å². The third-order valence-electron chi connectivity index (χ3n) is 2.70. The molecular formula is C8H17NO3S. The molecule has 5 heteroatoms. The van der Waals surface area contributed by atoms with Gasteiger partial charge in [0.15, 0.2) is 0 Å². The average molecular weight is 207 g/mol. The molecule has 1 fully saturated rings. The fourth-order valence-corrected chi connectivity index (χ4v) is 3.01. The van der Waals surface area contributed by atoms with E-state index in [4.69, 9.17) is 10.5 Å². The van der Waals surface area contributed by atoms with Crippen molar-refractivity contribution in [2.24, 2.45) is 17.1 Å². The van der Waals surface area contributed by atoms with E-state index in [9.17, 15) is 8.42 Å². The molecule has 2 atom stereocenters. The maximum atomic E-state index is 11.0. The Morgan fingerprint density at radius 3 is 2.62 bits per heavy atom. The first-order valence-electron chi connectivity index (χ1n) is 4.30. The minimum absolute atomic E-state index is 0.0577. The van der Waals surface area contributed by atoms with E-state index in [0.29, 0.717) is 13.2 Å². The molecular weight excluding hydrogens is 190 g/mol. The predicted octanol–water partition coefficient (Wildman–Crippen LogP) is -0.358. The highest BCUT2D eigenvalue weighted by atomic mass is 32.2. The van der Waals surface area contributed by atoms with Gasteiger partial charge in [-0.25, -0.2) is 8.42 Å². The van der Waals surface area contributed by atoms with Crippen LogP contribution in [0.5, 0.6) is 0 Å². The zero-order valence-corrected chi connectivity index (χ0v) is 8.93. The highest BCUT2D eigenvalue weighted by Gasteiger charge is 2.53. The van der Waals surface area contributed by atoms with Gasteiger partial charge in [-0.05, 0) is 12.3 Å². The first-order chi connectivity index (χ1) is 5.93. The van der Waals surface area contributed by atoms with Crippen molar-refractivity contribution >= 4 is 9.84 Å². The van der Waals surface area contributed by atoms with Crippen LogP contribution in [-0.2, 0) is 14.6 Å². The fourth-order valence-electron chi connectivity index (χ4n) is 1.81. The molecule has 0 heterocycles. The van der Waals surface area contributed by atoms with Crippen molar-refractivity contribution in [2.75, 3.05) is 32.3 Å². The molecule has 4 nitrogen and oxygen atoms in total. The maximum absolute atomic E-state index is 11.0. The van der Waals surface area contributed by atoms with E-state index < -0.39 is 9.84 Å². The van der Waals surface area contributed by atoms with E-state index in [1.807, 2.05) is 0 Å². The molecule has 0 amide bonds. The Kier molecular flexibility index (Phi) is 2.99. The van der Waals surface area contributed by atoms with Crippen molar-refractivity contribution in [1.29, 1.82) is 0 Å². The number of ether oxygens (including phenoxy) is 1. The minimum Gasteiger partial charge on any atom is -0.384 e.